The van der Waals surface area contributed by atoms with Crippen LogP contribution in [0.3, 0.4) is 0 Å². The molecule has 1 unspecified atom stereocenters. The van der Waals surface area contributed by atoms with Crippen molar-refractivity contribution in [1.29, 1.82) is 0 Å². The second kappa shape index (κ2) is 8.42. The highest BCUT2D eigenvalue weighted by molar-refractivity contribution is 7.93. The molecule has 1 fully saturated rings. The molecule has 0 N–H and O–H groups in total. The lowest BCUT2D eigenvalue weighted by atomic mass is 9.83. The molecule has 0 spiro atoms. The van der Waals surface area contributed by atoms with E-state index in [0.29, 0.717) is 17.4 Å². The Balaban J connectivity index is 1.34. The Hall–Kier alpha value is -2.71. The predicted octanol–water partition coefficient (Wildman–Crippen LogP) is 4.32. The lowest BCUT2D eigenvalue weighted by molar-refractivity contribution is 0.176. The van der Waals surface area contributed by atoms with E-state index in [2.05, 4.69) is 47.1 Å². The highest BCUT2D eigenvalue weighted by Gasteiger charge is 2.42. The molecule has 8 heteroatoms. The minimum Gasteiger partial charge on any atom is -0.320 e. The predicted molar refractivity (Wildman–Crippen MR) is 140 cm³/mol. The number of aromatic nitrogens is 3. The Bertz CT molecular complexity index is 1450. The molecule has 3 aromatic rings. The van der Waals surface area contributed by atoms with Crippen LogP contribution in [0.5, 0.6) is 0 Å². The number of fused-ring (bicyclic) bond motifs is 2. The topological polar surface area (TPSA) is 71.3 Å². The average molecular weight is 506 g/mol. The highest BCUT2D eigenvalue weighted by Crippen LogP contribution is 2.46. The molecule has 0 radical (unpaired) electrons. The lowest BCUT2D eigenvalue weighted by Gasteiger charge is -2.31. The molecule has 1 saturated heterocycles. The minimum absolute atomic E-state index is 0.290. The minimum atomic E-state index is -3.63. The van der Waals surface area contributed by atoms with Crippen LogP contribution in [0.1, 0.15) is 66.8 Å². The van der Waals surface area contributed by atoms with Gasteiger partial charge in [0.15, 0.2) is 0 Å². The summed E-state index contributed by atoms with van der Waals surface area (Å²) in [5.74, 6) is 1.61. The van der Waals surface area contributed by atoms with Gasteiger partial charge in [-0.3, -0.25) is 9.21 Å². The molecule has 7 nitrogen and oxygen atoms in total. The maximum Gasteiger partial charge on any atom is 0.264 e. The van der Waals surface area contributed by atoms with Gasteiger partial charge >= 0.3 is 0 Å². The standard InChI is InChI=1S/C28H35N5O2S/c1-19-6-5-11-32(15-19)16-21-12-20(2)24-17-33(36(34,35)26(24)13-21)23-8-7-22-9-10-28(3,25(22)14-23)27-30-29-18-31(27)4/h7-8,12-14,18-19H,5-6,9-11,15-17H2,1-4H3/t19-,28?/m0/s1. The first-order valence-corrected chi connectivity index (χ1v) is 14.5. The second-order valence-corrected chi connectivity index (χ2v) is 13.2. The van der Waals surface area contributed by atoms with Gasteiger partial charge in [-0.25, -0.2) is 8.42 Å². The van der Waals surface area contributed by atoms with Crippen LogP contribution < -0.4 is 4.31 Å². The first kappa shape index (κ1) is 23.7. The summed E-state index contributed by atoms with van der Waals surface area (Å²) in [6, 6.07) is 10.3. The third kappa shape index (κ3) is 3.68. The van der Waals surface area contributed by atoms with Crippen molar-refractivity contribution in [3.63, 3.8) is 0 Å². The van der Waals surface area contributed by atoms with E-state index in [1.165, 1.54) is 18.4 Å². The molecule has 0 saturated carbocycles. The monoisotopic (exact) mass is 505 g/mol. The fraction of sp³-hybridized carbons (Fsp3) is 0.500. The van der Waals surface area contributed by atoms with E-state index in [9.17, 15) is 8.42 Å². The van der Waals surface area contributed by atoms with Crippen LogP contribution in [0.25, 0.3) is 0 Å². The largest absolute Gasteiger partial charge is 0.320 e. The van der Waals surface area contributed by atoms with Gasteiger partial charge < -0.3 is 4.57 Å². The fourth-order valence-electron chi connectivity index (χ4n) is 6.63. The number of hydrogen-bond acceptors (Lipinski definition) is 5. The fourth-order valence-corrected chi connectivity index (χ4v) is 8.40. The smallest absolute Gasteiger partial charge is 0.264 e. The van der Waals surface area contributed by atoms with Gasteiger partial charge in [-0.1, -0.05) is 19.1 Å². The van der Waals surface area contributed by atoms with E-state index in [4.69, 9.17) is 0 Å². The van der Waals surface area contributed by atoms with E-state index >= 15 is 0 Å². The molecule has 36 heavy (non-hydrogen) atoms. The van der Waals surface area contributed by atoms with Crippen LogP contribution in [0.2, 0.25) is 0 Å². The Morgan fingerprint density at radius 3 is 2.78 bits per heavy atom. The van der Waals surface area contributed by atoms with Gasteiger partial charge in [-0.2, -0.15) is 0 Å². The number of rotatable bonds is 4. The van der Waals surface area contributed by atoms with Crippen molar-refractivity contribution in [2.45, 2.75) is 69.9 Å². The molecule has 2 aliphatic heterocycles. The molecule has 2 atom stereocenters. The van der Waals surface area contributed by atoms with Crippen molar-refractivity contribution >= 4 is 15.7 Å². The van der Waals surface area contributed by atoms with Crippen molar-refractivity contribution in [2.24, 2.45) is 13.0 Å². The normalized spacial score (nSPS) is 25.2. The van der Waals surface area contributed by atoms with Crippen molar-refractivity contribution < 1.29 is 8.42 Å². The number of hydrogen-bond donors (Lipinski definition) is 0. The van der Waals surface area contributed by atoms with Gasteiger partial charge in [0.2, 0.25) is 0 Å². The summed E-state index contributed by atoms with van der Waals surface area (Å²) in [4.78, 5) is 2.93. The summed E-state index contributed by atoms with van der Waals surface area (Å²) in [6.07, 6.45) is 6.10. The van der Waals surface area contributed by atoms with Crippen molar-refractivity contribution in [3.8, 4) is 0 Å². The first-order chi connectivity index (χ1) is 17.2. The molecular formula is C28H35N5O2S. The summed E-state index contributed by atoms with van der Waals surface area (Å²) in [5, 5.41) is 8.51. The molecule has 1 aliphatic carbocycles. The summed E-state index contributed by atoms with van der Waals surface area (Å²) < 4.78 is 31.3. The Kier molecular flexibility index (Phi) is 5.53. The van der Waals surface area contributed by atoms with E-state index in [0.717, 1.165) is 66.2 Å². The second-order valence-electron chi connectivity index (χ2n) is 11.3. The highest BCUT2D eigenvalue weighted by atomic mass is 32.2. The molecule has 190 valence electrons. The third-order valence-corrected chi connectivity index (χ3v) is 10.4. The summed E-state index contributed by atoms with van der Waals surface area (Å²) in [5.41, 5.74) is 5.92. The summed E-state index contributed by atoms with van der Waals surface area (Å²) >= 11 is 0. The zero-order valence-electron chi connectivity index (χ0n) is 21.7. The maximum atomic E-state index is 13.9. The van der Waals surface area contributed by atoms with E-state index in [-0.39, 0.29) is 5.41 Å². The van der Waals surface area contributed by atoms with Crippen LogP contribution in [0.15, 0.2) is 41.6 Å². The van der Waals surface area contributed by atoms with Crippen molar-refractivity contribution in [1.82, 2.24) is 19.7 Å². The maximum absolute atomic E-state index is 13.9. The van der Waals surface area contributed by atoms with Crippen molar-refractivity contribution in [2.75, 3.05) is 17.4 Å². The molecule has 0 bridgehead atoms. The number of sulfonamides is 1. The van der Waals surface area contributed by atoms with E-state index < -0.39 is 10.0 Å². The molecular weight excluding hydrogens is 470 g/mol. The molecule has 1 aromatic heterocycles. The average Bonchev–Trinajstić information content (AvgIpc) is 3.49. The number of nitrogens with zero attached hydrogens (tertiary/aromatic N) is 5. The number of likely N-dealkylation sites (tertiary alicyclic amines) is 1. The molecule has 0 amide bonds. The Morgan fingerprint density at radius 2 is 2.03 bits per heavy atom. The van der Waals surface area contributed by atoms with Gasteiger partial charge in [0.25, 0.3) is 10.0 Å². The number of aryl methyl sites for hydroxylation is 3. The molecule has 2 aromatic carbocycles. The third-order valence-electron chi connectivity index (χ3n) is 8.58. The lowest BCUT2D eigenvalue weighted by Crippen LogP contribution is -2.33. The number of piperidine rings is 1. The first-order valence-electron chi connectivity index (χ1n) is 13.0. The zero-order valence-corrected chi connectivity index (χ0v) is 22.5. The van der Waals surface area contributed by atoms with Crippen LogP contribution >= 0.6 is 0 Å². The van der Waals surface area contributed by atoms with Crippen LogP contribution in [-0.2, 0) is 42.0 Å². The van der Waals surface area contributed by atoms with Gasteiger partial charge in [0.1, 0.15) is 12.2 Å². The van der Waals surface area contributed by atoms with Crippen LogP contribution in [0, 0.1) is 12.8 Å². The SMILES string of the molecule is Cc1cc(CN2CCC[C@H](C)C2)cc2c1CN(c1ccc3c(c1)C(C)(c1nncn1C)CC3)S2(=O)=O. The molecule has 3 aliphatic rings. The molecule has 3 heterocycles. The number of anilines is 1. The van der Waals surface area contributed by atoms with Crippen LogP contribution in [0.4, 0.5) is 5.69 Å². The summed E-state index contributed by atoms with van der Waals surface area (Å²) in [6.45, 7) is 9.89. The number of benzene rings is 2. The quantitative estimate of drug-likeness (QED) is 0.528. The van der Waals surface area contributed by atoms with Crippen molar-refractivity contribution in [3.05, 3.63) is 70.3 Å². The molecule has 6 rings (SSSR count). The zero-order chi connectivity index (χ0) is 25.2. The van der Waals surface area contributed by atoms with Crippen LogP contribution in [-0.4, -0.2) is 41.2 Å². The Morgan fingerprint density at radius 1 is 1.19 bits per heavy atom. The van der Waals surface area contributed by atoms with Gasteiger partial charge in [0, 0.05) is 20.1 Å². The summed E-state index contributed by atoms with van der Waals surface area (Å²) in [7, 11) is -1.66. The van der Waals surface area contributed by atoms with Gasteiger partial charge in [0.05, 0.1) is 22.5 Å². The van der Waals surface area contributed by atoms with Gasteiger partial charge in [-0.05, 0) is 98.0 Å². The van der Waals surface area contributed by atoms with E-state index in [1.54, 1.807) is 10.6 Å². The Labute approximate surface area is 214 Å². The van der Waals surface area contributed by atoms with E-state index in [1.807, 2.05) is 30.7 Å². The van der Waals surface area contributed by atoms with Gasteiger partial charge in [-0.15, -0.1) is 10.2 Å².